The number of fused-ring (bicyclic) bond motifs is 1. The van der Waals surface area contributed by atoms with E-state index in [9.17, 15) is 9.59 Å². The highest BCUT2D eigenvalue weighted by Gasteiger charge is 2.32. The highest BCUT2D eigenvalue weighted by molar-refractivity contribution is 6.10. The fourth-order valence-corrected chi connectivity index (χ4v) is 3.70. The summed E-state index contributed by atoms with van der Waals surface area (Å²) < 4.78 is 0. The minimum atomic E-state index is -0.292. The van der Waals surface area contributed by atoms with Crippen molar-refractivity contribution in [3.63, 3.8) is 0 Å². The molecule has 3 heterocycles. The standard InChI is InChI=1S/C19H20N4O2/c20-17(24)14-7-10-22(12-14)18-15(5-3-9-21-18)19(25)23-11-8-13-4-1-2-6-16(13)23/h1-6,9,14H,7-8,10-12H2,(H2,20,24). The lowest BCUT2D eigenvalue weighted by Crippen LogP contribution is -2.32. The van der Waals surface area contributed by atoms with E-state index in [0.29, 0.717) is 37.4 Å². The second-order valence-electron chi connectivity index (χ2n) is 6.54. The van der Waals surface area contributed by atoms with Crippen LogP contribution < -0.4 is 15.5 Å². The van der Waals surface area contributed by atoms with Gasteiger partial charge in [-0.2, -0.15) is 0 Å². The molecule has 2 aromatic rings. The Morgan fingerprint density at radius 2 is 1.96 bits per heavy atom. The van der Waals surface area contributed by atoms with Crippen LogP contribution in [0.2, 0.25) is 0 Å². The smallest absolute Gasteiger partial charge is 0.262 e. The van der Waals surface area contributed by atoms with Gasteiger partial charge in [-0.15, -0.1) is 0 Å². The highest BCUT2D eigenvalue weighted by atomic mass is 16.2. The van der Waals surface area contributed by atoms with Gasteiger partial charge in [0.2, 0.25) is 5.91 Å². The average Bonchev–Trinajstić information content (AvgIpc) is 3.28. The molecule has 25 heavy (non-hydrogen) atoms. The minimum absolute atomic E-state index is 0.0458. The van der Waals surface area contributed by atoms with Crippen LogP contribution in [-0.4, -0.2) is 36.4 Å². The number of rotatable bonds is 3. The number of benzene rings is 1. The van der Waals surface area contributed by atoms with Crippen LogP contribution in [0.1, 0.15) is 22.3 Å². The fraction of sp³-hybridized carbons (Fsp3) is 0.316. The molecule has 1 atom stereocenters. The largest absolute Gasteiger partial charge is 0.369 e. The maximum absolute atomic E-state index is 13.2. The number of nitrogens with two attached hydrogens (primary N) is 1. The average molecular weight is 336 g/mol. The third kappa shape index (κ3) is 2.73. The number of pyridine rings is 1. The Hall–Kier alpha value is -2.89. The molecule has 1 aromatic carbocycles. The molecule has 0 saturated carbocycles. The summed E-state index contributed by atoms with van der Waals surface area (Å²) in [5.41, 5.74) is 8.16. The molecule has 128 valence electrons. The second kappa shape index (κ2) is 6.20. The zero-order valence-electron chi connectivity index (χ0n) is 13.9. The van der Waals surface area contributed by atoms with Crippen molar-refractivity contribution in [1.82, 2.24) is 4.98 Å². The number of hydrogen-bond donors (Lipinski definition) is 1. The molecule has 1 unspecified atom stereocenters. The molecule has 0 aliphatic carbocycles. The van der Waals surface area contributed by atoms with Crippen molar-refractivity contribution in [2.45, 2.75) is 12.8 Å². The molecular weight excluding hydrogens is 316 g/mol. The molecule has 2 aliphatic heterocycles. The minimum Gasteiger partial charge on any atom is -0.369 e. The molecule has 0 radical (unpaired) electrons. The van der Waals surface area contributed by atoms with Crippen LogP contribution in [-0.2, 0) is 11.2 Å². The lowest BCUT2D eigenvalue weighted by atomic mass is 10.1. The molecule has 1 saturated heterocycles. The third-order valence-corrected chi connectivity index (χ3v) is 5.04. The van der Waals surface area contributed by atoms with E-state index >= 15 is 0 Å². The maximum atomic E-state index is 13.2. The number of nitrogens with zero attached hydrogens (tertiary/aromatic N) is 3. The molecule has 1 aromatic heterocycles. The Morgan fingerprint density at radius 3 is 2.76 bits per heavy atom. The SMILES string of the molecule is NC(=O)C1CCN(c2ncccc2C(=O)N2CCc3ccccc32)C1. The first-order valence-electron chi connectivity index (χ1n) is 8.54. The summed E-state index contributed by atoms with van der Waals surface area (Å²) in [6, 6.07) is 11.6. The van der Waals surface area contributed by atoms with Crippen molar-refractivity contribution in [2.75, 3.05) is 29.4 Å². The monoisotopic (exact) mass is 336 g/mol. The van der Waals surface area contributed by atoms with E-state index in [-0.39, 0.29) is 17.7 Å². The van der Waals surface area contributed by atoms with Gasteiger partial charge in [-0.25, -0.2) is 4.98 Å². The van der Waals surface area contributed by atoms with Crippen molar-refractivity contribution in [3.8, 4) is 0 Å². The number of primary amides is 1. The number of aromatic nitrogens is 1. The molecule has 2 aliphatic rings. The summed E-state index contributed by atoms with van der Waals surface area (Å²) >= 11 is 0. The zero-order chi connectivity index (χ0) is 17.4. The van der Waals surface area contributed by atoms with E-state index in [4.69, 9.17) is 5.73 Å². The number of amides is 2. The van der Waals surface area contributed by atoms with Gasteiger partial charge in [-0.1, -0.05) is 18.2 Å². The summed E-state index contributed by atoms with van der Waals surface area (Å²) in [6.07, 6.45) is 3.25. The van der Waals surface area contributed by atoms with Gasteiger partial charge in [0.05, 0.1) is 11.5 Å². The molecule has 2 N–H and O–H groups in total. The van der Waals surface area contributed by atoms with E-state index in [1.54, 1.807) is 12.3 Å². The number of carbonyl (C=O) groups is 2. The quantitative estimate of drug-likeness (QED) is 0.923. The van der Waals surface area contributed by atoms with Gasteiger partial charge in [0.15, 0.2) is 0 Å². The second-order valence-corrected chi connectivity index (χ2v) is 6.54. The first-order chi connectivity index (χ1) is 12.1. The van der Waals surface area contributed by atoms with Crippen LogP contribution in [0, 0.1) is 5.92 Å². The van der Waals surface area contributed by atoms with Gasteiger partial charge < -0.3 is 15.5 Å². The molecule has 2 amide bonds. The lowest BCUT2D eigenvalue weighted by molar-refractivity contribution is -0.121. The van der Waals surface area contributed by atoms with Gasteiger partial charge in [-0.3, -0.25) is 9.59 Å². The number of para-hydroxylation sites is 1. The van der Waals surface area contributed by atoms with Gasteiger partial charge in [-0.05, 0) is 36.6 Å². The molecule has 6 heteroatoms. The van der Waals surface area contributed by atoms with E-state index in [0.717, 1.165) is 12.1 Å². The van der Waals surface area contributed by atoms with E-state index in [1.165, 1.54) is 5.56 Å². The normalized spacial score (nSPS) is 19.1. The number of carbonyl (C=O) groups excluding carboxylic acids is 2. The van der Waals surface area contributed by atoms with Crippen molar-refractivity contribution < 1.29 is 9.59 Å². The summed E-state index contributed by atoms with van der Waals surface area (Å²) in [7, 11) is 0. The Labute approximate surface area is 146 Å². The maximum Gasteiger partial charge on any atom is 0.262 e. The third-order valence-electron chi connectivity index (χ3n) is 5.04. The van der Waals surface area contributed by atoms with Crippen molar-refractivity contribution in [2.24, 2.45) is 11.7 Å². The summed E-state index contributed by atoms with van der Waals surface area (Å²) in [5.74, 6) is 0.119. The topological polar surface area (TPSA) is 79.5 Å². The first kappa shape index (κ1) is 15.6. The van der Waals surface area contributed by atoms with Gasteiger partial charge in [0.25, 0.3) is 5.91 Å². The van der Waals surface area contributed by atoms with Gasteiger partial charge in [0.1, 0.15) is 5.82 Å². The van der Waals surface area contributed by atoms with Crippen LogP contribution in [0.4, 0.5) is 11.5 Å². The van der Waals surface area contributed by atoms with E-state index in [1.807, 2.05) is 34.1 Å². The summed E-state index contributed by atoms with van der Waals surface area (Å²) in [6.45, 7) is 1.88. The molecule has 4 rings (SSSR count). The molecule has 0 spiro atoms. The lowest BCUT2D eigenvalue weighted by Gasteiger charge is -2.23. The Kier molecular flexibility index (Phi) is 3.87. The zero-order valence-corrected chi connectivity index (χ0v) is 13.9. The van der Waals surface area contributed by atoms with Crippen molar-refractivity contribution >= 4 is 23.3 Å². The molecule has 0 bridgehead atoms. The summed E-state index contributed by atoms with van der Waals surface area (Å²) in [5, 5.41) is 0. The fourth-order valence-electron chi connectivity index (χ4n) is 3.70. The predicted molar refractivity (Wildman–Crippen MR) is 95.6 cm³/mol. The van der Waals surface area contributed by atoms with Gasteiger partial charge in [0, 0.05) is 31.5 Å². The van der Waals surface area contributed by atoms with Crippen LogP contribution in [0.25, 0.3) is 0 Å². The van der Waals surface area contributed by atoms with E-state index in [2.05, 4.69) is 11.1 Å². The number of anilines is 2. The number of hydrogen-bond acceptors (Lipinski definition) is 4. The van der Waals surface area contributed by atoms with Gasteiger partial charge >= 0.3 is 0 Å². The molecule has 6 nitrogen and oxygen atoms in total. The highest BCUT2D eigenvalue weighted by Crippen LogP contribution is 2.31. The summed E-state index contributed by atoms with van der Waals surface area (Å²) in [4.78, 5) is 32.9. The Balaban J connectivity index is 1.64. The van der Waals surface area contributed by atoms with Crippen LogP contribution in [0.3, 0.4) is 0 Å². The van der Waals surface area contributed by atoms with Crippen LogP contribution >= 0.6 is 0 Å². The van der Waals surface area contributed by atoms with Crippen molar-refractivity contribution in [3.05, 3.63) is 53.7 Å². The Bertz CT molecular complexity index is 836. The van der Waals surface area contributed by atoms with Crippen LogP contribution in [0.5, 0.6) is 0 Å². The van der Waals surface area contributed by atoms with E-state index < -0.39 is 0 Å². The predicted octanol–water partition coefficient (Wildman–Crippen LogP) is 1.60. The molecule has 1 fully saturated rings. The molecular formula is C19H20N4O2. The first-order valence-corrected chi connectivity index (χ1v) is 8.54. The van der Waals surface area contributed by atoms with Crippen molar-refractivity contribution in [1.29, 1.82) is 0 Å². The Morgan fingerprint density at radius 1 is 1.12 bits per heavy atom. The van der Waals surface area contributed by atoms with Crippen LogP contribution in [0.15, 0.2) is 42.6 Å².